The van der Waals surface area contributed by atoms with Gasteiger partial charge in [0.05, 0.1) is 0 Å². The molecule has 3 heteroatoms. The van der Waals surface area contributed by atoms with Crippen molar-refractivity contribution in [2.75, 3.05) is 6.54 Å². The van der Waals surface area contributed by atoms with E-state index in [1.165, 1.54) is 35.6 Å². The molecule has 0 amide bonds. The van der Waals surface area contributed by atoms with Crippen molar-refractivity contribution in [3.05, 3.63) is 21.9 Å². The molecule has 1 aromatic heterocycles. The standard InChI is InChI=1S/C17H30N2S/c1-13(2)9-10-19(15-5-6-15)12-17-8-7-16(20-17)11-18-14(3)4/h7-8,13-15,18H,5-6,9-12H2,1-4H3. The number of nitrogens with one attached hydrogen (secondary N) is 1. The van der Waals surface area contributed by atoms with Gasteiger partial charge in [-0.1, -0.05) is 27.7 Å². The molecule has 0 radical (unpaired) electrons. The minimum absolute atomic E-state index is 0.564. The lowest BCUT2D eigenvalue weighted by Gasteiger charge is -2.22. The van der Waals surface area contributed by atoms with E-state index in [0.29, 0.717) is 6.04 Å². The largest absolute Gasteiger partial charge is 0.310 e. The van der Waals surface area contributed by atoms with E-state index in [-0.39, 0.29) is 0 Å². The normalized spacial score (nSPS) is 15.8. The predicted octanol–water partition coefficient (Wildman–Crippen LogP) is 4.26. The second kappa shape index (κ2) is 7.58. The van der Waals surface area contributed by atoms with Gasteiger partial charge in [0, 0.05) is 34.9 Å². The highest BCUT2D eigenvalue weighted by Crippen LogP contribution is 2.30. The van der Waals surface area contributed by atoms with E-state index >= 15 is 0 Å². The summed E-state index contributed by atoms with van der Waals surface area (Å²) in [6.45, 7) is 12.5. The van der Waals surface area contributed by atoms with E-state index in [1.54, 1.807) is 0 Å². The summed E-state index contributed by atoms with van der Waals surface area (Å²) in [5.74, 6) is 0.811. The highest BCUT2D eigenvalue weighted by atomic mass is 32.1. The van der Waals surface area contributed by atoms with Gasteiger partial charge in [-0.15, -0.1) is 11.3 Å². The third-order valence-corrected chi connectivity index (χ3v) is 4.89. The van der Waals surface area contributed by atoms with Crippen molar-refractivity contribution in [1.29, 1.82) is 0 Å². The topological polar surface area (TPSA) is 15.3 Å². The maximum absolute atomic E-state index is 3.50. The lowest BCUT2D eigenvalue weighted by atomic mass is 10.1. The van der Waals surface area contributed by atoms with Crippen molar-refractivity contribution >= 4 is 11.3 Å². The zero-order valence-electron chi connectivity index (χ0n) is 13.5. The molecule has 1 saturated carbocycles. The van der Waals surface area contributed by atoms with Crippen molar-refractivity contribution in [3.63, 3.8) is 0 Å². The Morgan fingerprint density at radius 1 is 1.20 bits per heavy atom. The first-order chi connectivity index (χ1) is 9.54. The first-order valence-corrected chi connectivity index (χ1v) is 8.91. The average molecular weight is 295 g/mol. The van der Waals surface area contributed by atoms with Crippen molar-refractivity contribution in [1.82, 2.24) is 10.2 Å². The van der Waals surface area contributed by atoms with Gasteiger partial charge in [-0.25, -0.2) is 0 Å². The molecule has 1 aliphatic carbocycles. The molecular formula is C17H30N2S. The van der Waals surface area contributed by atoms with Crippen LogP contribution in [0.4, 0.5) is 0 Å². The van der Waals surface area contributed by atoms with Crippen LogP contribution in [0.15, 0.2) is 12.1 Å². The number of nitrogens with zero attached hydrogens (tertiary/aromatic N) is 1. The molecule has 0 spiro atoms. The Labute approximate surface area is 128 Å². The smallest absolute Gasteiger partial charge is 0.0330 e. The predicted molar refractivity (Wildman–Crippen MR) is 89.2 cm³/mol. The Morgan fingerprint density at radius 3 is 2.50 bits per heavy atom. The van der Waals surface area contributed by atoms with Gasteiger partial charge in [-0.2, -0.15) is 0 Å². The van der Waals surface area contributed by atoms with E-state index in [9.17, 15) is 0 Å². The van der Waals surface area contributed by atoms with Gasteiger partial charge in [0.1, 0.15) is 0 Å². The third kappa shape index (κ3) is 5.55. The van der Waals surface area contributed by atoms with Gasteiger partial charge >= 0.3 is 0 Å². The maximum Gasteiger partial charge on any atom is 0.0330 e. The summed E-state index contributed by atoms with van der Waals surface area (Å²) in [7, 11) is 0. The highest BCUT2D eigenvalue weighted by molar-refractivity contribution is 7.11. The molecular weight excluding hydrogens is 264 g/mol. The van der Waals surface area contributed by atoms with Crippen LogP contribution in [0, 0.1) is 5.92 Å². The van der Waals surface area contributed by atoms with E-state index < -0.39 is 0 Å². The molecule has 20 heavy (non-hydrogen) atoms. The quantitative estimate of drug-likeness (QED) is 0.732. The molecule has 1 heterocycles. The van der Waals surface area contributed by atoms with Crippen molar-refractivity contribution < 1.29 is 0 Å². The van der Waals surface area contributed by atoms with E-state index in [0.717, 1.165) is 25.0 Å². The van der Waals surface area contributed by atoms with Crippen molar-refractivity contribution in [2.24, 2.45) is 5.92 Å². The summed E-state index contributed by atoms with van der Waals surface area (Å²) in [5, 5.41) is 3.50. The van der Waals surface area contributed by atoms with E-state index in [4.69, 9.17) is 0 Å². The van der Waals surface area contributed by atoms with Crippen LogP contribution >= 0.6 is 11.3 Å². The van der Waals surface area contributed by atoms with Crippen LogP contribution in [0.3, 0.4) is 0 Å². The Bertz CT molecular complexity index is 393. The minimum atomic E-state index is 0.564. The zero-order valence-corrected chi connectivity index (χ0v) is 14.3. The molecule has 1 fully saturated rings. The fraction of sp³-hybridized carbons (Fsp3) is 0.765. The van der Waals surface area contributed by atoms with Crippen molar-refractivity contribution in [3.8, 4) is 0 Å². The third-order valence-electron chi connectivity index (χ3n) is 3.82. The number of rotatable bonds is 9. The van der Waals surface area contributed by atoms with Gasteiger partial charge in [-0.3, -0.25) is 4.90 Å². The minimum Gasteiger partial charge on any atom is -0.310 e. The molecule has 0 saturated heterocycles. The molecule has 2 rings (SSSR count). The Balaban J connectivity index is 1.83. The number of hydrogen-bond acceptors (Lipinski definition) is 3. The van der Waals surface area contributed by atoms with E-state index in [1.807, 2.05) is 11.3 Å². The molecule has 0 atom stereocenters. The maximum atomic E-state index is 3.50. The summed E-state index contributed by atoms with van der Waals surface area (Å²) < 4.78 is 0. The fourth-order valence-corrected chi connectivity index (χ4v) is 3.36. The van der Waals surface area contributed by atoms with Crippen LogP contribution in [0.2, 0.25) is 0 Å². The van der Waals surface area contributed by atoms with Crippen LogP contribution in [-0.4, -0.2) is 23.5 Å². The van der Waals surface area contributed by atoms with Gasteiger partial charge in [0.25, 0.3) is 0 Å². The lowest BCUT2D eigenvalue weighted by Crippen LogP contribution is -2.27. The second-order valence-corrected chi connectivity index (χ2v) is 8.04. The molecule has 0 unspecified atom stereocenters. The monoisotopic (exact) mass is 294 g/mol. The van der Waals surface area contributed by atoms with Crippen LogP contribution in [-0.2, 0) is 13.1 Å². The van der Waals surface area contributed by atoms with Gasteiger partial charge in [0.15, 0.2) is 0 Å². The molecule has 0 bridgehead atoms. The summed E-state index contributed by atoms with van der Waals surface area (Å²) >= 11 is 1.98. The molecule has 0 aromatic carbocycles. The lowest BCUT2D eigenvalue weighted by molar-refractivity contribution is 0.241. The summed E-state index contributed by atoms with van der Waals surface area (Å²) in [5.41, 5.74) is 0. The Hall–Kier alpha value is -0.380. The Morgan fingerprint density at radius 2 is 1.90 bits per heavy atom. The molecule has 1 N–H and O–H groups in total. The average Bonchev–Trinajstić information content (AvgIpc) is 3.12. The first kappa shape index (κ1) is 16.0. The molecule has 0 aliphatic heterocycles. The van der Waals surface area contributed by atoms with Crippen LogP contribution < -0.4 is 5.32 Å². The summed E-state index contributed by atoms with van der Waals surface area (Å²) in [6.07, 6.45) is 4.14. The van der Waals surface area contributed by atoms with Crippen LogP contribution in [0.25, 0.3) is 0 Å². The molecule has 1 aliphatic rings. The number of thiophene rings is 1. The van der Waals surface area contributed by atoms with Gasteiger partial charge in [0.2, 0.25) is 0 Å². The Kier molecular flexibility index (Phi) is 6.06. The van der Waals surface area contributed by atoms with Gasteiger partial charge < -0.3 is 5.32 Å². The van der Waals surface area contributed by atoms with Crippen molar-refractivity contribution in [2.45, 2.75) is 72.1 Å². The fourth-order valence-electron chi connectivity index (χ4n) is 2.36. The van der Waals surface area contributed by atoms with E-state index in [2.05, 4.69) is 50.0 Å². The first-order valence-electron chi connectivity index (χ1n) is 8.09. The zero-order chi connectivity index (χ0) is 14.5. The highest BCUT2D eigenvalue weighted by Gasteiger charge is 2.28. The summed E-state index contributed by atoms with van der Waals surface area (Å²) in [6, 6.07) is 6.05. The number of hydrogen-bond donors (Lipinski definition) is 1. The second-order valence-electron chi connectivity index (χ2n) is 6.79. The van der Waals surface area contributed by atoms with Crippen LogP contribution in [0.1, 0.15) is 56.7 Å². The molecule has 114 valence electrons. The summed E-state index contributed by atoms with van der Waals surface area (Å²) in [4.78, 5) is 5.69. The van der Waals surface area contributed by atoms with Gasteiger partial charge in [-0.05, 0) is 43.9 Å². The van der Waals surface area contributed by atoms with Crippen LogP contribution in [0.5, 0.6) is 0 Å². The molecule has 2 nitrogen and oxygen atoms in total. The SMILES string of the molecule is CC(C)CCN(Cc1ccc(CNC(C)C)s1)C1CC1. The molecule has 1 aromatic rings.